The van der Waals surface area contributed by atoms with E-state index >= 15 is 0 Å². The SMILES string of the molecule is O=C(O)C1CC(O)CN1C(=O)CC1CCCCCC1. The van der Waals surface area contributed by atoms with Crippen molar-refractivity contribution in [3.05, 3.63) is 0 Å². The highest BCUT2D eigenvalue weighted by Gasteiger charge is 2.39. The zero-order chi connectivity index (χ0) is 13.8. The lowest BCUT2D eigenvalue weighted by Crippen LogP contribution is -2.41. The molecule has 1 aliphatic heterocycles. The maximum atomic E-state index is 12.2. The summed E-state index contributed by atoms with van der Waals surface area (Å²) in [4.78, 5) is 24.7. The fourth-order valence-corrected chi connectivity index (χ4v) is 3.26. The van der Waals surface area contributed by atoms with Crippen molar-refractivity contribution in [2.45, 2.75) is 63.5 Å². The highest BCUT2D eigenvalue weighted by Crippen LogP contribution is 2.28. The first-order valence-corrected chi connectivity index (χ1v) is 7.28. The minimum absolute atomic E-state index is 0.101. The van der Waals surface area contributed by atoms with E-state index in [1.807, 2.05) is 0 Å². The van der Waals surface area contributed by atoms with Gasteiger partial charge in [0.05, 0.1) is 6.10 Å². The molecule has 19 heavy (non-hydrogen) atoms. The number of carboxylic acids is 1. The molecule has 0 radical (unpaired) electrons. The molecule has 2 aliphatic rings. The number of carbonyl (C=O) groups excluding carboxylic acids is 1. The van der Waals surface area contributed by atoms with E-state index in [2.05, 4.69) is 0 Å². The molecule has 2 unspecified atom stereocenters. The second kappa shape index (κ2) is 6.37. The van der Waals surface area contributed by atoms with Crippen LogP contribution in [0.1, 0.15) is 51.4 Å². The summed E-state index contributed by atoms with van der Waals surface area (Å²) in [5.74, 6) is -0.719. The molecule has 1 amide bonds. The van der Waals surface area contributed by atoms with Crippen molar-refractivity contribution in [2.24, 2.45) is 5.92 Å². The van der Waals surface area contributed by atoms with Crippen LogP contribution in [0.3, 0.4) is 0 Å². The molecule has 1 saturated heterocycles. The number of β-amino-alcohol motifs (C(OH)–C–C–N with tert-alkyl or cyclic N) is 1. The van der Waals surface area contributed by atoms with Crippen LogP contribution >= 0.6 is 0 Å². The zero-order valence-corrected chi connectivity index (χ0v) is 11.3. The van der Waals surface area contributed by atoms with E-state index in [0.717, 1.165) is 12.8 Å². The Bertz CT molecular complexity index is 336. The van der Waals surface area contributed by atoms with Gasteiger partial charge in [-0.15, -0.1) is 0 Å². The Labute approximate surface area is 113 Å². The molecular weight excluding hydrogens is 246 g/mol. The number of likely N-dealkylation sites (tertiary alicyclic amines) is 1. The van der Waals surface area contributed by atoms with Crippen LogP contribution in [0.2, 0.25) is 0 Å². The Morgan fingerprint density at radius 1 is 1.11 bits per heavy atom. The predicted octanol–water partition coefficient (Wildman–Crippen LogP) is 1.39. The van der Waals surface area contributed by atoms with Crippen LogP contribution in [0.25, 0.3) is 0 Å². The second-order valence-electron chi connectivity index (χ2n) is 5.85. The Morgan fingerprint density at radius 3 is 2.32 bits per heavy atom. The van der Waals surface area contributed by atoms with Gasteiger partial charge in [-0.2, -0.15) is 0 Å². The van der Waals surface area contributed by atoms with Crippen molar-refractivity contribution in [3.63, 3.8) is 0 Å². The van der Waals surface area contributed by atoms with Gasteiger partial charge in [0.15, 0.2) is 0 Å². The van der Waals surface area contributed by atoms with Gasteiger partial charge in [-0.05, 0) is 18.8 Å². The zero-order valence-electron chi connectivity index (χ0n) is 11.3. The Morgan fingerprint density at radius 2 is 1.74 bits per heavy atom. The Hall–Kier alpha value is -1.10. The average Bonchev–Trinajstić information content (AvgIpc) is 2.58. The number of aliphatic hydroxyl groups is 1. The van der Waals surface area contributed by atoms with Crippen LogP contribution in [-0.2, 0) is 9.59 Å². The number of aliphatic carboxylic acids is 1. The van der Waals surface area contributed by atoms with Gasteiger partial charge in [0.1, 0.15) is 6.04 Å². The number of aliphatic hydroxyl groups excluding tert-OH is 1. The van der Waals surface area contributed by atoms with Crippen molar-refractivity contribution in [2.75, 3.05) is 6.54 Å². The molecule has 0 aromatic heterocycles. The summed E-state index contributed by atoms with van der Waals surface area (Å²) in [6, 6.07) is -0.840. The lowest BCUT2D eigenvalue weighted by molar-refractivity contribution is -0.148. The van der Waals surface area contributed by atoms with E-state index in [-0.39, 0.29) is 18.9 Å². The summed E-state index contributed by atoms with van der Waals surface area (Å²) in [5.41, 5.74) is 0. The van der Waals surface area contributed by atoms with E-state index in [1.165, 1.54) is 30.6 Å². The Balaban J connectivity index is 1.92. The van der Waals surface area contributed by atoms with Crippen molar-refractivity contribution >= 4 is 11.9 Å². The molecule has 2 atom stereocenters. The Kier molecular flexibility index (Phi) is 4.80. The fraction of sp³-hybridized carbons (Fsp3) is 0.857. The van der Waals surface area contributed by atoms with Gasteiger partial charge >= 0.3 is 5.97 Å². The molecule has 108 valence electrons. The van der Waals surface area contributed by atoms with Crippen LogP contribution in [0.15, 0.2) is 0 Å². The molecule has 0 aromatic carbocycles. The summed E-state index contributed by atoms with van der Waals surface area (Å²) in [7, 11) is 0. The standard InChI is InChI=1S/C14H23NO4/c16-11-8-12(14(18)19)15(9-11)13(17)7-10-5-3-1-2-4-6-10/h10-12,16H,1-9H2,(H,18,19). The largest absolute Gasteiger partial charge is 0.480 e. The molecule has 1 saturated carbocycles. The molecule has 1 aliphatic carbocycles. The van der Waals surface area contributed by atoms with Gasteiger partial charge in [-0.3, -0.25) is 4.79 Å². The number of hydrogen-bond acceptors (Lipinski definition) is 3. The summed E-state index contributed by atoms with van der Waals surface area (Å²) < 4.78 is 0. The third-order valence-corrected chi connectivity index (χ3v) is 4.32. The van der Waals surface area contributed by atoms with Gasteiger partial charge in [-0.25, -0.2) is 4.79 Å². The van der Waals surface area contributed by atoms with Crippen LogP contribution in [0.4, 0.5) is 0 Å². The molecule has 2 rings (SSSR count). The van der Waals surface area contributed by atoms with Gasteiger partial charge < -0.3 is 15.1 Å². The first-order chi connectivity index (χ1) is 9.08. The molecule has 2 N–H and O–H groups in total. The van der Waals surface area contributed by atoms with Crippen molar-refractivity contribution in [1.29, 1.82) is 0 Å². The predicted molar refractivity (Wildman–Crippen MR) is 69.6 cm³/mol. The average molecular weight is 269 g/mol. The molecule has 5 nitrogen and oxygen atoms in total. The number of nitrogens with zero attached hydrogens (tertiary/aromatic N) is 1. The normalized spacial score (nSPS) is 29.2. The van der Waals surface area contributed by atoms with E-state index in [1.54, 1.807) is 0 Å². The van der Waals surface area contributed by atoms with E-state index in [0.29, 0.717) is 12.3 Å². The number of amides is 1. The molecule has 0 aromatic rings. The number of rotatable bonds is 3. The highest BCUT2D eigenvalue weighted by atomic mass is 16.4. The third-order valence-electron chi connectivity index (χ3n) is 4.32. The minimum Gasteiger partial charge on any atom is -0.480 e. The van der Waals surface area contributed by atoms with Gasteiger partial charge in [0.25, 0.3) is 0 Å². The van der Waals surface area contributed by atoms with Crippen molar-refractivity contribution < 1.29 is 19.8 Å². The van der Waals surface area contributed by atoms with Crippen molar-refractivity contribution in [1.82, 2.24) is 4.90 Å². The number of carbonyl (C=O) groups is 2. The van der Waals surface area contributed by atoms with Crippen LogP contribution in [-0.4, -0.2) is 45.7 Å². The molecule has 5 heteroatoms. The smallest absolute Gasteiger partial charge is 0.326 e. The summed E-state index contributed by atoms with van der Waals surface area (Å²) in [6.07, 6.45) is 6.86. The van der Waals surface area contributed by atoms with E-state index < -0.39 is 18.1 Å². The second-order valence-corrected chi connectivity index (χ2v) is 5.85. The summed E-state index contributed by atoms with van der Waals surface area (Å²) in [6.45, 7) is 0.169. The fourth-order valence-electron chi connectivity index (χ4n) is 3.26. The van der Waals surface area contributed by atoms with Crippen molar-refractivity contribution in [3.8, 4) is 0 Å². The topological polar surface area (TPSA) is 77.8 Å². The monoisotopic (exact) mass is 269 g/mol. The minimum atomic E-state index is -1.01. The molecule has 1 heterocycles. The summed E-state index contributed by atoms with van der Waals surface area (Å²) >= 11 is 0. The lowest BCUT2D eigenvalue weighted by atomic mass is 9.96. The maximum absolute atomic E-state index is 12.2. The highest BCUT2D eigenvalue weighted by molar-refractivity contribution is 5.84. The maximum Gasteiger partial charge on any atom is 0.326 e. The quantitative estimate of drug-likeness (QED) is 0.759. The van der Waals surface area contributed by atoms with E-state index in [4.69, 9.17) is 5.11 Å². The molecular formula is C14H23NO4. The van der Waals surface area contributed by atoms with E-state index in [9.17, 15) is 14.7 Å². The number of carboxylic acid groups (broad SMARTS) is 1. The van der Waals surface area contributed by atoms with Crippen LogP contribution < -0.4 is 0 Å². The molecule has 0 bridgehead atoms. The van der Waals surface area contributed by atoms with Gasteiger partial charge in [-0.1, -0.05) is 25.7 Å². The molecule has 2 fully saturated rings. The van der Waals surface area contributed by atoms with Gasteiger partial charge in [0.2, 0.25) is 5.91 Å². The lowest BCUT2D eigenvalue weighted by Gasteiger charge is -2.23. The summed E-state index contributed by atoms with van der Waals surface area (Å²) in [5, 5.41) is 18.7. The van der Waals surface area contributed by atoms with Gasteiger partial charge in [0, 0.05) is 19.4 Å². The third kappa shape index (κ3) is 3.69. The van der Waals surface area contributed by atoms with Crippen LogP contribution in [0, 0.1) is 5.92 Å². The number of hydrogen-bond donors (Lipinski definition) is 2. The molecule has 0 spiro atoms. The first kappa shape index (κ1) is 14.3. The first-order valence-electron chi connectivity index (χ1n) is 7.28. The van der Waals surface area contributed by atoms with Crippen LogP contribution in [0.5, 0.6) is 0 Å².